The number of carbonyl (C=O) groups is 1. The fraction of sp³-hybridized carbons (Fsp3) is 0.909. The van der Waals surface area contributed by atoms with Gasteiger partial charge in [0, 0.05) is 13.1 Å². The van der Waals surface area contributed by atoms with Crippen LogP contribution in [-0.4, -0.2) is 73.9 Å². The summed E-state index contributed by atoms with van der Waals surface area (Å²) in [5.74, 6) is 0.186. The number of hydrogen-bond donors (Lipinski definition) is 1. The molecule has 0 atom stereocenters. The van der Waals surface area contributed by atoms with E-state index < -0.39 is 0 Å². The molecule has 0 spiro atoms. The Morgan fingerprint density at radius 1 is 1.44 bits per heavy atom. The van der Waals surface area contributed by atoms with Crippen LogP contribution in [0.1, 0.15) is 12.8 Å². The third kappa shape index (κ3) is 4.47. The second kappa shape index (κ2) is 6.83. The van der Waals surface area contributed by atoms with Gasteiger partial charge >= 0.3 is 0 Å². The number of hydrogen-bond acceptors (Lipinski definition) is 4. The summed E-state index contributed by atoms with van der Waals surface area (Å²) in [5, 5.41) is 8.64. The second-order valence-corrected chi connectivity index (χ2v) is 4.41. The number of nitrogens with zero attached hydrogens (tertiary/aromatic N) is 2. The lowest BCUT2D eigenvalue weighted by Gasteiger charge is -2.32. The Kier molecular flexibility index (Phi) is 5.73. The first-order valence-corrected chi connectivity index (χ1v) is 5.78. The Labute approximate surface area is 97.0 Å². The van der Waals surface area contributed by atoms with E-state index in [0.29, 0.717) is 13.2 Å². The maximum absolute atomic E-state index is 11.7. The molecule has 0 unspecified atom stereocenters. The van der Waals surface area contributed by atoms with Crippen LogP contribution in [0.5, 0.6) is 0 Å². The molecular weight excluding hydrogens is 208 g/mol. The number of ether oxygens (including phenoxy) is 1. The van der Waals surface area contributed by atoms with Crippen molar-refractivity contribution in [2.24, 2.45) is 0 Å². The molecule has 1 aliphatic rings. The summed E-state index contributed by atoms with van der Waals surface area (Å²) >= 11 is 0. The lowest BCUT2D eigenvalue weighted by atomic mass is 10.1. The highest BCUT2D eigenvalue weighted by Gasteiger charge is 2.22. The highest BCUT2D eigenvalue weighted by molar-refractivity contribution is 5.78. The molecule has 0 radical (unpaired) electrons. The molecule has 0 aromatic carbocycles. The lowest BCUT2D eigenvalue weighted by molar-refractivity contribution is -0.134. The van der Waals surface area contributed by atoms with Crippen LogP contribution in [-0.2, 0) is 9.53 Å². The molecule has 1 rings (SSSR count). The number of likely N-dealkylation sites (N-methyl/N-ethyl adjacent to an activating group) is 1. The van der Waals surface area contributed by atoms with Crippen molar-refractivity contribution in [3.63, 3.8) is 0 Å². The number of aliphatic hydroxyl groups excluding tert-OH is 1. The highest BCUT2D eigenvalue weighted by atomic mass is 16.5. The number of carbonyl (C=O) groups excluding carboxylic acids is 1. The minimum Gasteiger partial charge on any atom is -0.394 e. The lowest BCUT2D eigenvalue weighted by Crippen LogP contribution is -2.44. The Bertz CT molecular complexity index is 213. The van der Waals surface area contributed by atoms with Crippen molar-refractivity contribution in [3.05, 3.63) is 0 Å². The van der Waals surface area contributed by atoms with Crippen molar-refractivity contribution in [2.45, 2.75) is 18.9 Å². The SMILES string of the molecule is CN(C)CC(=O)N1CCC(OCCO)CC1. The normalized spacial score (nSPS) is 18.1. The molecule has 0 aromatic rings. The van der Waals surface area contributed by atoms with E-state index in [1.54, 1.807) is 0 Å². The van der Waals surface area contributed by atoms with Gasteiger partial charge in [0.25, 0.3) is 0 Å². The summed E-state index contributed by atoms with van der Waals surface area (Å²) in [6.45, 7) is 2.48. The fourth-order valence-electron chi connectivity index (χ4n) is 1.86. The van der Waals surface area contributed by atoms with Gasteiger partial charge < -0.3 is 19.6 Å². The van der Waals surface area contributed by atoms with Crippen LogP contribution in [0.3, 0.4) is 0 Å². The molecule has 1 heterocycles. The zero-order valence-electron chi connectivity index (χ0n) is 10.2. The topological polar surface area (TPSA) is 53.0 Å². The van der Waals surface area contributed by atoms with E-state index in [1.807, 2.05) is 23.9 Å². The first-order chi connectivity index (χ1) is 7.63. The Morgan fingerprint density at radius 2 is 2.06 bits per heavy atom. The molecule has 5 nitrogen and oxygen atoms in total. The van der Waals surface area contributed by atoms with Crippen LogP contribution < -0.4 is 0 Å². The van der Waals surface area contributed by atoms with Crippen molar-refractivity contribution in [1.82, 2.24) is 9.80 Å². The standard InChI is InChI=1S/C11H22N2O3/c1-12(2)9-11(15)13-5-3-10(4-6-13)16-8-7-14/h10,14H,3-9H2,1-2H3. The predicted molar refractivity (Wildman–Crippen MR) is 61.2 cm³/mol. The van der Waals surface area contributed by atoms with Crippen molar-refractivity contribution in [3.8, 4) is 0 Å². The molecule has 1 fully saturated rings. The van der Waals surface area contributed by atoms with Crippen LogP contribution >= 0.6 is 0 Å². The molecule has 16 heavy (non-hydrogen) atoms. The summed E-state index contributed by atoms with van der Waals surface area (Å²) in [6.07, 6.45) is 1.95. The minimum atomic E-state index is 0.0692. The van der Waals surface area contributed by atoms with Gasteiger partial charge in [-0.05, 0) is 26.9 Å². The number of amides is 1. The zero-order chi connectivity index (χ0) is 12.0. The van der Waals surface area contributed by atoms with E-state index in [4.69, 9.17) is 9.84 Å². The molecule has 1 aliphatic heterocycles. The Morgan fingerprint density at radius 3 is 2.56 bits per heavy atom. The van der Waals surface area contributed by atoms with Crippen molar-refractivity contribution in [2.75, 3.05) is 46.9 Å². The van der Waals surface area contributed by atoms with E-state index >= 15 is 0 Å². The Balaban J connectivity index is 2.23. The van der Waals surface area contributed by atoms with Gasteiger partial charge in [-0.15, -0.1) is 0 Å². The Hall–Kier alpha value is -0.650. The largest absolute Gasteiger partial charge is 0.394 e. The first kappa shape index (κ1) is 13.4. The van der Waals surface area contributed by atoms with E-state index in [2.05, 4.69) is 0 Å². The minimum absolute atomic E-state index is 0.0692. The smallest absolute Gasteiger partial charge is 0.236 e. The third-order valence-electron chi connectivity index (χ3n) is 2.69. The fourth-order valence-corrected chi connectivity index (χ4v) is 1.86. The van der Waals surface area contributed by atoms with E-state index in [9.17, 15) is 4.79 Å². The molecule has 0 aliphatic carbocycles. The predicted octanol–water partition coefficient (Wildman–Crippen LogP) is -0.452. The number of aliphatic hydroxyl groups is 1. The van der Waals surface area contributed by atoms with Crippen LogP contribution in [0.25, 0.3) is 0 Å². The van der Waals surface area contributed by atoms with Crippen LogP contribution in [0.2, 0.25) is 0 Å². The molecule has 1 saturated heterocycles. The average Bonchev–Trinajstić information content (AvgIpc) is 2.26. The molecule has 94 valence electrons. The van der Waals surface area contributed by atoms with Gasteiger partial charge in [0.2, 0.25) is 5.91 Å². The van der Waals surface area contributed by atoms with Gasteiger partial charge in [0.15, 0.2) is 0 Å². The van der Waals surface area contributed by atoms with Crippen molar-refractivity contribution >= 4 is 5.91 Å². The molecule has 0 bridgehead atoms. The summed E-state index contributed by atoms with van der Waals surface area (Å²) in [7, 11) is 3.80. The van der Waals surface area contributed by atoms with Crippen LogP contribution in [0.15, 0.2) is 0 Å². The number of rotatable bonds is 5. The molecule has 5 heteroatoms. The molecule has 1 amide bonds. The van der Waals surface area contributed by atoms with Crippen molar-refractivity contribution < 1.29 is 14.6 Å². The first-order valence-electron chi connectivity index (χ1n) is 5.78. The highest BCUT2D eigenvalue weighted by Crippen LogP contribution is 2.13. The summed E-state index contributed by atoms with van der Waals surface area (Å²) in [6, 6.07) is 0. The maximum Gasteiger partial charge on any atom is 0.236 e. The summed E-state index contributed by atoms with van der Waals surface area (Å²) < 4.78 is 5.44. The number of piperidine rings is 1. The zero-order valence-corrected chi connectivity index (χ0v) is 10.2. The van der Waals surface area contributed by atoms with Gasteiger partial charge in [-0.25, -0.2) is 0 Å². The van der Waals surface area contributed by atoms with E-state index in [0.717, 1.165) is 25.9 Å². The molecule has 0 saturated carbocycles. The van der Waals surface area contributed by atoms with Gasteiger partial charge in [-0.2, -0.15) is 0 Å². The van der Waals surface area contributed by atoms with Gasteiger partial charge in [0.1, 0.15) is 0 Å². The molecular formula is C11H22N2O3. The molecule has 0 aromatic heterocycles. The monoisotopic (exact) mass is 230 g/mol. The quantitative estimate of drug-likeness (QED) is 0.695. The van der Waals surface area contributed by atoms with Crippen LogP contribution in [0, 0.1) is 0 Å². The molecule has 1 N–H and O–H groups in total. The average molecular weight is 230 g/mol. The second-order valence-electron chi connectivity index (χ2n) is 4.41. The van der Waals surface area contributed by atoms with E-state index in [-0.39, 0.29) is 18.6 Å². The van der Waals surface area contributed by atoms with Gasteiger partial charge in [-0.3, -0.25) is 4.79 Å². The van der Waals surface area contributed by atoms with Gasteiger partial charge in [0.05, 0.1) is 25.9 Å². The third-order valence-corrected chi connectivity index (χ3v) is 2.69. The van der Waals surface area contributed by atoms with Gasteiger partial charge in [-0.1, -0.05) is 0 Å². The summed E-state index contributed by atoms with van der Waals surface area (Å²) in [4.78, 5) is 15.5. The number of likely N-dealkylation sites (tertiary alicyclic amines) is 1. The summed E-state index contributed by atoms with van der Waals surface area (Å²) in [5.41, 5.74) is 0. The maximum atomic E-state index is 11.7. The van der Waals surface area contributed by atoms with Crippen molar-refractivity contribution in [1.29, 1.82) is 0 Å². The van der Waals surface area contributed by atoms with E-state index in [1.165, 1.54) is 0 Å². The van der Waals surface area contributed by atoms with Crippen LogP contribution in [0.4, 0.5) is 0 Å².